The molecule has 2 N–H and O–H groups in total. The second kappa shape index (κ2) is 8.34. The smallest absolute Gasteiger partial charge is 0.245 e. The van der Waals surface area contributed by atoms with Crippen molar-refractivity contribution in [1.29, 1.82) is 0 Å². The Hall–Kier alpha value is -2.01. The summed E-state index contributed by atoms with van der Waals surface area (Å²) in [4.78, 5) is 17.9. The molecule has 3 rings (SSSR count). The number of aliphatic hydroxyl groups is 1. The van der Waals surface area contributed by atoms with Crippen LogP contribution in [-0.2, 0) is 19.6 Å². The average Bonchev–Trinajstić information content (AvgIpc) is 3.12. The van der Waals surface area contributed by atoms with Crippen molar-refractivity contribution in [1.82, 2.24) is 14.6 Å². The Balaban J connectivity index is 1.76. The molecule has 3 heterocycles. The molecule has 1 aromatic heterocycles. The third-order valence-corrected chi connectivity index (χ3v) is 6.67. The van der Waals surface area contributed by atoms with Crippen molar-refractivity contribution in [3.8, 4) is 0 Å². The van der Waals surface area contributed by atoms with E-state index in [0.29, 0.717) is 38.5 Å². The standard InChI is InChI=1S/C17H24N4O5S/c1-2-17(23)19-13-9-14(12-22)21(11-13)27(24,25)15-3-4-16(18-10-15)20-5-7-26-8-6-20/h2-4,10,13-14,22H,1,5-9,11-12H2,(H,19,23). The van der Waals surface area contributed by atoms with Crippen molar-refractivity contribution < 1.29 is 23.1 Å². The van der Waals surface area contributed by atoms with E-state index >= 15 is 0 Å². The highest BCUT2D eigenvalue weighted by Crippen LogP contribution is 2.27. The summed E-state index contributed by atoms with van der Waals surface area (Å²) in [5.41, 5.74) is 0. The van der Waals surface area contributed by atoms with Crippen LogP contribution in [0.15, 0.2) is 35.9 Å². The molecular formula is C17H24N4O5S. The number of sulfonamides is 1. The molecule has 2 saturated heterocycles. The van der Waals surface area contributed by atoms with E-state index < -0.39 is 16.1 Å². The van der Waals surface area contributed by atoms with Gasteiger partial charge in [-0.1, -0.05) is 6.58 Å². The number of morpholine rings is 1. The van der Waals surface area contributed by atoms with Gasteiger partial charge < -0.3 is 20.1 Å². The van der Waals surface area contributed by atoms with Crippen molar-refractivity contribution in [3.63, 3.8) is 0 Å². The second-order valence-corrected chi connectivity index (χ2v) is 8.40. The van der Waals surface area contributed by atoms with Crippen LogP contribution < -0.4 is 10.2 Å². The summed E-state index contributed by atoms with van der Waals surface area (Å²) in [5, 5.41) is 12.3. The van der Waals surface area contributed by atoms with Crippen LogP contribution in [0.4, 0.5) is 5.82 Å². The highest BCUT2D eigenvalue weighted by molar-refractivity contribution is 7.89. The third-order valence-electron chi connectivity index (χ3n) is 4.77. The van der Waals surface area contributed by atoms with Crippen LogP contribution in [0.2, 0.25) is 0 Å². The number of anilines is 1. The van der Waals surface area contributed by atoms with Gasteiger partial charge in [-0.3, -0.25) is 4.79 Å². The van der Waals surface area contributed by atoms with E-state index in [2.05, 4.69) is 16.9 Å². The Labute approximate surface area is 158 Å². The lowest BCUT2D eigenvalue weighted by Gasteiger charge is -2.28. The summed E-state index contributed by atoms with van der Waals surface area (Å²) < 4.78 is 32.5. The summed E-state index contributed by atoms with van der Waals surface area (Å²) in [5.74, 6) is 0.334. The monoisotopic (exact) mass is 396 g/mol. The fourth-order valence-corrected chi connectivity index (χ4v) is 4.97. The molecule has 0 spiro atoms. The van der Waals surface area contributed by atoms with Crippen LogP contribution in [0.25, 0.3) is 0 Å². The van der Waals surface area contributed by atoms with Crippen molar-refractivity contribution in [2.45, 2.75) is 23.4 Å². The van der Waals surface area contributed by atoms with Gasteiger partial charge in [-0.25, -0.2) is 13.4 Å². The summed E-state index contributed by atoms with van der Waals surface area (Å²) in [6, 6.07) is 2.24. The van der Waals surface area contributed by atoms with Gasteiger partial charge in [-0.2, -0.15) is 4.31 Å². The molecule has 1 amide bonds. The quantitative estimate of drug-likeness (QED) is 0.614. The zero-order valence-electron chi connectivity index (χ0n) is 15.0. The molecule has 2 aliphatic rings. The number of carbonyl (C=O) groups is 1. The molecule has 27 heavy (non-hydrogen) atoms. The van der Waals surface area contributed by atoms with Gasteiger partial charge in [-0.15, -0.1) is 0 Å². The van der Waals surface area contributed by atoms with Gasteiger partial charge in [0.05, 0.1) is 25.9 Å². The van der Waals surface area contributed by atoms with E-state index in [4.69, 9.17) is 4.74 Å². The largest absolute Gasteiger partial charge is 0.395 e. The van der Waals surface area contributed by atoms with Crippen LogP contribution >= 0.6 is 0 Å². The number of pyridine rings is 1. The zero-order chi connectivity index (χ0) is 19.4. The fourth-order valence-electron chi connectivity index (χ4n) is 3.35. The summed E-state index contributed by atoms with van der Waals surface area (Å²) >= 11 is 0. The lowest BCUT2D eigenvalue weighted by atomic mass is 10.2. The first-order valence-electron chi connectivity index (χ1n) is 8.80. The maximum Gasteiger partial charge on any atom is 0.245 e. The summed E-state index contributed by atoms with van der Waals surface area (Å²) in [6.45, 7) is 5.82. The van der Waals surface area contributed by atoms with Crippen LogP contribution in [0.1, 0.15) is 6.42 Å². The predicted octanol–water partition coefficient (Wildman–Crippen LogP) is -0.656. The Kier molecular flexibility index (Phi) is 6.10. The molecule has 2 fully saturated rings. The Bertz CT molecular complexity index is 777. The molecule has 148 valence electrons. The first kappa shape index (κ1) is 19.7. The van der Waals surface area contributed by atoms with Crippen molar-refractivity contribution in [3.05, 3.63) is 31.0 Å². The molecule has 9 nitrogen and oxygen atoms in total. The number of aliphatic hydroxyl groups excluding tert-OH is 1. The molecule has 0 saturated carbocycles. The number of nitrogens with one attached hydrogen (secondary N) is 1. The minimum absolute atomic E-state index is 0.0636. The van der Waals surface area contributed by atoms with Gasteiger partial charge in [0.15, 0.2) is 0 Å². The van der Waals surface area contributed by atoms with Gasteiger partial charge in [0, 0.05) is 31.9 Å². The fraction of sp³-hybridized carbons (Fsp3) is 0.529. The number of aromatic nitrogens is 1. The SMILES string of the molecule is C=CC(=O)NC1CC(CO)N(S(=O)(=O)c2ccc(N3CCOCC3)nc2)C1. The highest BCUT2D eigenvalue weighted by Gasteiger charge is 2.40. The Morgan fingerprint density at radius 3 is 2.74 bits per heavy atom. The van der Waals surface area contributed by atoms with Crippen LogP contribution in [-0.4, -0.2) is 80.3 Å². The number of nitrogens with zero attached hydrogens (tertiary/aromatic N) is 3. The molecule has 0 aliphatic carbocycles. The minimum Gasteiger partial charge on any atom is -0.395 e. The van der Waals surface area contributed by atoms with E-state index in [1.807, 2.05) is 4.90 Å². The van der Waals surface area contributed by atoms with Gasteiger partial charge in [0.1, 0.15) is 10.7 Å². The number of ether oxygens (including phenoxy) is 1. The molecular weight excluding hydrogens is 372 g/mol. The Morgan fingerprint density at radius 1 is 1.41 bits per heavy atom. The van der Waals surface area contributed by atoms with E-state index in [9.17, 15) is 18.3 Å². The lowest BCUT2D eigenvalue weighted by Crippen LogP contribution is -2.40. The van der Waals surface area contributed by atoms with E-state index in [-0.39, 0.29) is 30.0 Å². The molecule has 2 unspecified atom stereocenters. The number of rotatable bonds is 6. The second-order valence-electron chi connectivity index (χ2n) is 6.51. The maximum atomic E-state index is 13.0. The van der Waals surface area contributed by atoms with Crippen LogP contribution in [0.3, 0.4) is 0 Å². The maximum absolute atomic E-state index is 13.0. The number of hydrogen-bond donors (Lipinski definition) is 2. The van der Waals surface area contributed by atoms with Gasteiger partial charge in [0.2, 0.25) is 15.9 Å². The first-order chi connectivity index (χ1) is 13.0. The summed E-state index contributed by atoms with van der Waals surface area (Å²) in [6.07, 6.45) is 2.82. The molecule has 0 radical (unpaired) electrons. The number of amides is 1. The predicted molar refractivity (Wildman–Crippen MR) is 98.8 cm³/mol. The number of carbonyl (C=O) groups excluding carboxylic acids is 1. The van der Waals surface area contributed by atoms with Crippen LogP contribution in [0.5, 0.6) is 0 Å². The molecule has 0 aromatic carbocycles. The molecule has 2 aliphatic heterocycles. The first-order valence-corrected chi connectivity index (χ1v) is 10.2. The minimum atomic E-state index is -3.83. The Morgan fingerprint density at radius 2 is 2.15 bits per heavy atom. The van der Waals surface area contributed by atoms with Gasteiger partial charge in [-0.05, 0) is 24.6 Å². The van der Waals surface area contributed by atoms with Crippen LogP contribution in [0, 0.1) is 0 Å². The third kappa shape index (κ3) is 4.29. The van der Waals surface area contributed by atoms with Gasteiger partial charge in [0.25, 0.3) is 0 Å². The molecule has 0 bridgehead atoms. The lowest BCUT2D eigenvalue weighted by molar-refractivity contribution is -0.117. The van der Waals surface area contributed by atoms with E-state index in [1.165, 1.54) is 16.6 Å². The topological polar surface area (TPSA) is 112 Å². The molecule has 2 atom stereocenters. The van der Waals surface area contributed by atoms with Crippen molar-refractivity contribution >= 4 is 21.7 Å². The van der Waals surface area contributed by atoms with Crippen molar-refractivity contribution in [2.24, 2.45) is 0 Å². The average molecular weight is 396 g/mol. The van der Waals surface area contributed by atoms with Crippen molar-refractivity contribution in [2.75, 3.05) is 44.4 Å². The number of hydrogen-bond acceptors (Lipinski definition) is 7. The normalized spacial score (nSPS) is 24.0. The summed E-state index contributed by atoms with van der Waals surface area (Å²) in [7, 11) is -3.83. The molecule has 1 aromatic rings. The van der Waals surface area contributed by atoms with E-state index in [0.717, 1.165) is 6.08 Å². The van der Waals surface area contributed by atoms with Gasteiger partial charge >= 0.3 is 0 Å². The van der Waals surface area contributed by atoms with E-state index in [1.54, 1.807) is 6.07 Å². The zero-order valence-corrected chi connectivity index (χ0v) is 15.8. The highest BCUT2D eigenvalue weighted by atomic mass is 32.2. The molecule has 10 heteroatoms.